The fraction of sp³-hybridized carbons (Fsp3) is 0.417. The van der Waals surface area contributed by atoms with Crippen LogP contribution in [0.4, 0.5) is 0 Å². The van der Waals surface area contributed by atoms with Gasteiger partial charge in [-0.1, -0.05) is 5.16 Å². The zero-order chi connectivity index (χ0) is 22.9. The predicted molar refractivity (Wildman–Crippen MR) is 120 cm³/mol. The molecule has 2 aliphatic heterocycles. The smallest absolute Gasteiger partial charge is 0.259 e. The molecule has 0 spiro atoms. The van der Waals surface area contributed by atoms with Crippen molar-refractivity contribution in [3.05, 3.63) is 47.9 Å². The first-order valence-electron chi connectivity index (χ1n) is 11.5. The molecule has 0 N–H and O–H groups in total. The molecule has 1 aliphatic carbocycles. The zero-order valence-corrected chi connectivity index (χ0v) is 19.0. The lowest BCUT2D eigenvalue weighted by atomic mass is 10.0. The number of nitrogens with zero attached hydrogens (tertiary/aromatic N) is 6. The van der Waals surface area contributed by atoms with E-state index in [0.717, 1.165) is 66.6 Å². The maximum Gasteiger partial charge on any atom is 0.259 e. The van der Waals surface area contributed by atoms with Crippen molar-refractivity contribution in [3.63, 3.8) is 0 Å². The number of fused-ring (bicyclic) bond motifs is 5. The van der Waals surface area contributed by atoms with Crippen molar-refractivity contribution in [2.45, 2.75) is 31.4 Å². The molecule has 10 heteroatoms. The lowest BCUT2D eigenvalue weighted by molar-refractivity contribution is -0.0408. The summed E-state index contributed by atoms with van der Waals surface area (Å²) >= 11 is 0. The van der Waals surface area contributed by atoms with E-state index in [9.17, 15) is 0 Å². The van der Waals surface area contributed by atoms with Crippen LogP contribution in [0.2, 0.25) is 0 Å². The average Bonchev–Trinajstić information content (AvgIpc) is 3.15. The molecule has 1 saturated carbocycles. The Balaban J connectivity index is 1.35. The van der Waals surface area contributed by atoms with Crippen LogP contribution >= 0.6 is 0 Å². The molecule has 1 aromatic carbocycles. The van der Waals surface area contributed by atoms with Gasteiger partial charge in [0.05, 0.1) is 37.4 Å². The standard InChI is InChI=1S/C24H24N6O4/c1-31-16-3-4-18-17(8-16)20-15(10-29(27-20)9-14-11-33-12-14)7-19-21(25-13-30(18)19)22-26-23(34-28-22)24(32-2)5-6-24/h3-4,8,10,13-14H,5-7,9,11-12H2,1-2H3. The highest BCUT2D eigenvalue weighted by atomic mass is 16.5. The second-order valence-corrected chi connectivity index (χ2v) is 9.22. The summed E-state index contributed by atoms with van der Waals surface area (Å²) < 4.78 is 26.2. The number of aromatic nitrogens is 6. The minimum absolute atomic E-state index is 0.440. The largest absolute Gasteiger partial charge is 0.497 e. The third kappa shape index (κ3) is 2.95. The summed E-state index contributed by atoms with van der Waals surface area (Å²) in [6, 6.07) is 6.04. The van der Waals surface area contributed by atoms with E-state index in [1.165, 1.54) is 0 Å². The second-order valence-electron chi connectivity index (χ2n) is 9.22. The van der Waals surface area contributed by atoms with E-state index < -0.39 is 5.60 Å². The Labute approximate surface area is 195 Å². The SMILES string of the molecule is COc1ccc2c(c1)-c1nn(CC3COC3)cc1Cc1c(-c3noc(C4(OC)CC4)n3)ncn1-2. The first-order valence-corrected chi connectivity index (χ1v) is 11.5. The van der Waals surface area contributed by atoms with Gasteiger partial charge in [0.25, 0.3) is 5.89 Å². The van der Waals surface area contributed by atoms with Crippen LogP contribution < -0.4 is 4.74 Å². The maximum atomic E-state index is 5.61. The number of ether oxygens (including phenoxy) is 3. The molecule has 174 valence electrons. The summed E-state index contributed by atoms with van der Waals surface area (Å²) in [5, 5.41) is 9.23. The van der Waals surface area contributed by atoms with E-state index in [1.807, 2.05) is 29.2 Å². The zero-order valence-electron chi connectivity index (χ0n) is 19.0. The molecule has 0 bridgehead atoms. The molecule has 5 heterocycles. The van der Waals surface area contributed by atoms with Crippen molar-refractivity contribution in [2.24, 2.45) is 5.92 Å². The summed E-state index contributed by atoms with van der Waals surface area (Å²) in [5.41, 5.74) is 5.33. The molecule has 10 nitrogen and oxygen atoms in total. The summed E-state index contributed by atoms with van der Waals surface area (Å²) in [6.45, 7) is 2.41. The number of methoxy groups -OCH3 is 2. The monoisotopic (exact) mass is 460 g/mol. The Kier molecular flexibility index (Phi) is 4.25. The van der Waals surface area contributed by atoms with E-state index in [2.05, 4.69) is 20.9 Å². The van der Waals surface area contributed by atoms with Crippen LogP contribution in [0.3, 0.4) is 0 Å². The molecular weight excluding hydrogens is 436 g/mol. The fourth-order valence-electron chi connectivity index (χ4n) is 4.85. The van der Waals surface area contributed by atoms with Gasteiger partial charge in [-0.25, -0.2) is 4.98 Å². The van der Waals surface area contributed by atoms with Crippen LogP contribution in [0.5, 0.6) is 5.75 Å². The molecule has 1 saturated heterocycles. The van der Waals surface area contributed by atoms with Gasteiger partial charge in [-0.3, -0.25) is 4.68 Å². The third-order valence-corrected chi connectivity index (χ3v) is 7.06. The van der Waals surface area contributed by atoms with Gasteiger partial charge in [0, 0.05) is 43.3 Å². The summed E-state index contributed by atoms with van der Waals surface area (Å²) in [6.07, 6.45) is 6.37. The van der Waals surface area contributed by atoms with Gasteiger partial charge in [-0.15, -0.1) is 0 Å². The molecule has 0 radical (unpaired) electrons. The van der Waals surface area contributed by atoms with E-state index in [1.54, 1.807) is 14.2 Å². The Bertz CT molecular complexity index is 1390. The van der Waals surface area contributed by atoms with E-state index >= 15 is 0 Å². The van der Waals surface area contributed by atoms with Crippen LogP contribution in [0.25, 0.3) is 28.5 Å². The molecular formula is C24H24N6O4. The molecule has 3 aliphatic rings. The molecule has 2 fully saturated rings. The lowest BCUT2D eigenvalue weighted by Gasteiger charge is -2.25. The van der Waals surface area contributed by atoms with E-state index in [4.69, 9.17) is 28.8 Å². The highest BCUT2D eigenvalue weighted by Gasteiger charge is 2.50. The summed E-state index contributed by atoms with van der Waals surface area (Å²) in [4.78, 5) is 9.37. The molecule has 34 heavy (non-hydrogen) atoms. The first-order chi connectivity index (χ1) is 16.7. The quantitative estimate of drug-likeness (QED) is 0.381. The number of hydrogen-bond acceptors (Lipinski definition) is 8. The van der Waals surface area contributed by atoms with Crippen LogP contribution in [-0.2, 0) is 28.0 Å². The second kappa shape index (κ2) is 7.25. The van der Waals surface area contributed by atoms with Crippen molar-refractivity contribution in [1.29, 1.82) is 0 Å². The van der Waals surface area contributed by atoms with Gasteiger partial charge < -0.3 is 23.3 Å². The minimum Gasteiger partial charge on any atom is -0.497 e. The summed E-state index contributed by atoms with van der Waals surface area (Å²) in [7, 11) is 3.36. The van der Waals surface area contributed by atoms with Crippen molar-refractivity contribution in [2.75, 3.05) is 27.4 Å². The fourth-order valence-corrected chi connectivity index (χ4v) is 4.85. The Morgan fingerprint density at radius 3 is 2.79 bits per heavy atom. The minimum atomic E-state index is -0.440. The van der Waals surface area contributed by atoms with Crippen LogP contribution in [-0.4, -0.2) is 56.9 Å². The van der Waals surface area contributed by atoms with Gasteiger partial charge in [-0.2, -0.15) is 10.1 Å². The highest BCUT2D eigenvalue weighted by Crippen LogP contribution is 2.48. The summed E-state index contributed by atoms with van der Waals surface area (Å²) in [5.74, 6) is 2.28. The first kappa shape index (κ1) is 19.9. The van der Waals surface area contributed by atoms with Crippen molar-refractivity contribution in [1.82, 2.24) is 29.5 Å². The van der Waals surface area contributed by atoms with Gasteiger partial charge >= 0.3 is 0 Å². The maximum absolute atomic E-state index is 5.61. The predicted octanol–water partition coefficient (Wildman–Crippen LogP) is 2.98. The average molecular weight is 460 g/mol. The van der Waals surface area contributed by atoms with Crippen LogP contribution in [0, 0.1) is 5.92 Å². The molecule has 0 unspecified atom stereocenters. The topological polar surface area (TPSA) is 102 Å². The Hall–Kier alpha value is -3.50. The van der Waals surface area contributed by atoms with Crippen molar-refractivity contribution < 1.29 is 18.7 Å². The van der Waals surface area contributed by atoms with Crippen molar-refractivity contribution >= 4 is 0 Å². The highest BCUT2D eigenvalue weighted by molar-refractivity contribution is 5.77. The number of imidazole rings is 1. The normalized spacial score (nSPS) is 17.9. The molecule has 0 atom stereocenters. The van der Waals surface area contributed by atoms with Crippen LogP contribution in [0.15, 0.2) is 35.2 Å². The Morgan fingerprint density at radius 2 is 2.06 bits per heavy atom. The molecule has 4 aromatic rings. The lowest BCUT2D eigenvalue weighted by Crippen LogP contribution is -2.31. The van der Waals surface area contributed by atoms with Crippen molar-refractivity contribution in [3.8, 4) is 34.2 Å². The molecule has 0 amide bonds. The van der Waals surface area contributed by atoms with E-state index in [-0.39, 0.29) is 0 Å². The van der Waals surface area contributed by atoms with Gasteiger partial charge in [0.2, 0.25) is 5.82 Å². The van der Waals surface area contributed by atoms with Gasteiger partial charge in [0.1, 0.15) is 23.4 Å². The van der Waals surface area contributed by atoms with Gasteiger partial charge in [-0.05, 0) is 31.0 Å². The van der Waals surface area contributed by atoms with Crippen LogP contribution in [0.1, 0.15) is 30.0 Å². The third-order valence-electron chi connectivity index (χ3n) is 7.06. The number of benzene rings is 1. The Morgan fingerprint density at radius 1 is 1.18 bits per heavy atom. The molecule has 7 rings (SSSR count). The van der Waals surface area contributed by atoms with Gasteiger partial charge in [0.15, 0.2) is 0 Å². The molecule has 3 aromatic heterocycles. The number of rotatable bonds is 6. The van der Waals surface area contributed by atoms with E-state index in [0.29, 0.717) is 29.7 Å². The number of hydrogen-bond donors (Lipinski definition) is 0.